The molecule has 0 bridgehead atoms. The lowest BCUT2D eigenvalue weighted by molar-refractivity contribution is -0.139. The molecule has 6 aliphatic rings. The van der Waals surface area contributed by atoms with Crippen LogP contribution in [0, 0.1) is 5.41 Å². The maximum atomic E-state index is 15.8. The van der Waals surface area contributed by atoms with Crippen molar-refractivity contribution in [3.8, 4) is 17.1 Å². The Morgan fingerprint density at radius 3 is 2.52 bits per heavy atom. The summed E-state index contributed by atoms with van der Waals surface area (Å²) in [7, 11) is 1.73. The van der Waals surface area contributed by atoms with Gasteiger partial charge in [0.25, 0.3) is 5.92 Å². The molecule has 1 saturated carbocycles. The Morgan fingerprint density at radius 2 is 1.81 bits per heavy atom. The van der Waals surface area contributed by atoms with Crippen molar-refractivity contribution in [3.63, 3.8) is 0 Å². The highest BCUT2D eigenvalue weighted by molar-refractivity contribution is 6.12. The van der Waals surface area contributed by atoms with Crippen LogP contribution < -0.4 is 14.5 Å². The van der Waals surface area contributed by atoms with Crippen molar-refractivity contribution >= 4 is 39.2 Å². The molecule has 4 aromatic rings. The van der Waals surface area contributed by atoms with Crippen molar-refractivity contribution in [2.45, 2.75) is 62.5 Å². The smallest absolute Gasteiger partial charge is 0.319 e. The summed E-state index contributed by atoms with van der Waals surface area (Å²) in [5.41, 5.74) is 6.06. The Hall–Kier alpha value is -4.36. The Bertz CT molecular complexity index is 2090. The number of amides is 1. The van der Waals surface area contributed by atoms with Crippen molar-refractivity contribution in [1.29, 1.82) is 0 Å². The van der Waals surface area contributed by atoms with Crippen LogP contribution in [0.2, 0.25) is 0 Å². The molecule has 13 heteroatoms. The van der Waals surface area contributed by atoms with Gasteiger partial charge in [-0.25, -0.2) is 8.78 Å². The number of carbonyl (C=O) groups is 1. The predicted octanol–water partition coefficient (Wildman–Crippen LogP) is 5.66. The maximum Gasteiger partial charge on any atom is 0.319 e. The molecule has 1 spiro atoms. The molecule has 1 atom stereocenters. The molecule has 2 aromatic heterocycles. The summed E-state index contributed by atoms with van der Waals surface area (Å²) in [6.45, 7) is 9.73. The van der Waals surface area contributed by atoms with Crippen LogP contribution in [0.4, 0.5) is 20.3 Å². The largest absolute Gasteiger partial charge is 0.460 e. The van der Waals surface area contributed by atoms with Gasteiger partial charge in [0.1, 0.15) is 23.5 Å². The molecule has 1 amide bonds. The number of anilines is 2. The molecule has 1 aliphatic carbocycles. The van der Waals surface area contributed by atoms with E-state index < -0.39 is 12.0 Å². The number of fused-ring (bicyclic) bond motifs is 10. The lowest BCUT2D eigenvalue weighted by Gasteiger charge is -2.54. The van der Waals surface area contributed by atoms with Crippen LogP contribution in [0.3, 0.4) is 0 Å². The van der Waals surface area contributed by atoms with E-state index in [1.165, 1.54) is 11.6 Å². The molecule has 10 rings (SSSR count). The lowest BCUT2D eigenvalue weighted by atomic mass is 9.72. The fourth-order valence-electron chi connectivity index (χ4n) is 9.63. The van der Waals surface area contributed by atoms with Crippen LogP contribution in [-0.2, 0) is 9.53 Å². The average Bonchev–Trinajstić information content (AvgIpc) is 3.87. The molecule has 272 valence electrons. The van der Waals surface area contributed by atoms with Gasteiger partial charge in [-0.05, 0) is 73.8 Å². The first-order chi connectivity index (χ1) is 25.3. The maximum absolute atomic E-state index is 15.8. The minimum absolute atomic E-state index is 0.0114. The van der Waals surface area contributed by atoms with Gasteiger partial charge in [-0.1, -0.05) is 12.6 Å². The average molecular weight is 711 g/mol. The summed E-state index contributed by atoms with van der Waals surface area (Å²) in [5, 5.41) is 9.17. The highest BCUT2D eigenvalue weighted by Gasteiger charge is 2.60. The van der Waals surface area contributed by atoms with E-state index in [0.29, 0.717) is 29.6 Å². The van der Waals surface area contributed by atoms with Gasteiger partial charge in [0.05, 0.1) is 30.6 Å². The predicted molar refractivity (Wildman–Crippen MR) is 194 cm³/mol. The zero-order valence-corrected chi connectivity index (χ0v) is 29.5. The molecular weight excluding hydrogens is 666 g/mol. The van der Waals surface area contributed by atoms with Gasteiger partial charge in [-0.3, -0.25) is 9.89 Å². The zero-order valence-electron chi connectivity index (χ0n) is 29.5. The normalized spacial score (nSPS) is 23.6. The molecule has 11 nitrogen and oxygen atoms in total. The first-order valence-corrected chi connectivity index (χ1v) is 18.8. The molecular formula is C39H44F2N8O3. The summed E-state index contributed by atoms with van der Waals surface area (Å²) in [6.07, 6.45) is 8.79. The highest BCUT2D eigenvalue weighted by Crippen LogP contribution is 2.62. The second-order valence-electron chi connectivity index (χ2n) is 15.9. The Labute approximate surface area is 300 Å². The number of hydrogen-bond acceptors (Lipinski definition) is 9. The summed E-state index contributed by atoms with van der Waals surface area (Å²) >= 11 is 0. The molecule has 4 saturated heterocycles. The van der Waals surface area contributed by atoms with E-state index in [9.17, 15) is 4.79 Å². The first kappa shape index (κ1) is 32.3. The highest BCUT2D eigenvalue weighted by atomic mass is 19.3. The van der Waals surface area contributed by atoms with Crippen molar-refractivity contribution in [1.82, 2.24) is 30.0 Å². The number of aromatic amines is 1. The molecule has 52 heavy (non-hydrogen) atoms. The third kappa shape index (κ3) is 5.02. The van der Waals surface area contributed by atoms with Crippen LogP contribution in [0.1, 0.15) is 61.6 Å². The van der Waals surface area contributed by atoms with Crippen LogP contribution in [0.15, 0.2) is 37.1 Å². The minimum atomic E-state index is -2.89. The van der Waals surface area contributed by atoms with Gasteiger partial charge < -0.3 is 29.1 Å². The number of H-pyrrole nitrogens is 1. The van der Waals surface area contributed by atoms with E-state index in [1.54, 1.807) is 13.3 Å². The standard InChI is InChI=1S/C39H44F2N8O3/c1-3-30(50)48-20-38(21-48)10-14-47(15-11-38)36-27-18-26(23-4-5-23)32-31-25(6-7-29-28(31)19-42-45-29)35-39(40,41)22-49(35)34(32)33(27)43-37(44-36)52-24-8-12-46(13-9-24)16-17-51-2/h3,6-7,18-19,23-24,35H,1,4-5,8-17,20-22H2,2H3,(H,42,45). The number of alkyl halides is 2. The van der Waals surface area contributed by atoms with Crippen molar-refractivity contribution in [2.75, 3.05) is 75.9 Å². The Morgan fingerprint density at radius 1 is 1.02 bits per heavy atom. The first-order valence-electron chi connectivity index (χ1n) is 18.8. The molecule has 7 heterocycles. The van der Waals surface area contributed by atoms with Crippen molar-refractivity contribution in [2.24, 2.45) is 5.41 Å². The zero-order chi connectivity index (χ0) is 35.4. The summed E-state index contributed by atoms with van der Waals surface area (Å²) < 4.78 is 43.5. The van der Waals surface area contributed by atoms with Gasteiger partial charge in [0.2, 0.25) is 5.91 Å². The van der Waals surface area contributed by atoms with E-state index >= 15 is 8.78 Å². The van der Waals surface area contributed by atoms with E-state index in [0.717, 1.165) is 123 Å². The molecule has 5 aliphatic heterocycles. The number of benzene rings is 2. The number of halogens is 2. The molecule has 1 unspecified atom stereocenters. The number of rotatable bonds is 8. The summed E-state index contributed by atoms with van der Waals surface area (Å²) in [4.78, 5) is 31.1. The van der Waals surface area contributed by atoms with Crippen LogP contribution in [-0.4, -0.2) is 114 Å². The van der Waals surface area contributed by atoms with Crippen LogP contribution in [0.25, 0.3) is 32.9 Å². The number of piperidine rings is 2. The molecule has 5 fully saturated rings. The summed E-state index contributed by atoms with van der Waals surface area (Å²) in [5.74, 6) is -1.75. The number of methoxy groups -OCH3 is 1. The van der Waals surface area contributed by atoms with Crippen LogP contribution >= 0.6 is 0 Å². The molecule has 0 radical (unpaired) electrons. The van der Waals surface area contributed by atoms with E-state index in [2.05, 4.69) is 32.6 Å². The van der Waals surface area contributed by atoms with Crippen molar-refractivity contribution in [3.05, 3.63) is 48.2 Å². The Balaban J connectivity index is 1.10. The number of nitrogens with zero attached hydrogens (tertiary/aromatic N) is 7. The topological polar surface area (TPSA) is 103 Å². The number of hydrogen-bond donors (Lipinski definition) is 1. The third-order valence-corrected chi connectivity index (χ3v) is 12.6. The second kappa shape index (κ2) is 11.8. The quantitative estimate of drug-likeness (QED) is 0.232. The van der Waals surface area contributed by atoms with Gasteiger partial charge in [-0.2, -0.15) is 15.1 Å². The minimum Gasteiger partial charge on any atom is -0.460 e. The van der Waals surface area contributed by atoms with Crippen molar-refractivity contribution < 1.29 is 23.0 Å². The van der Waals surface area contributed by atoms with E-state index in [-0.39, 0.29) is 24.0 Å². The van der Waals surface area contributed by atoms with E-state index in [4.69, 9.17) is 19.4 Å². The summed E-state index contributed by atoms with van der Waals surface area (Å²) in [6, 6.07) is 5.22. The fourth-order valence-corrected chi connectivity index (χ4v) is 9.63. The molecule has 1 N–H and O–H groups in total. The third-order valence-electron chi connectivity index (χ3n) is 12.6. The Kier molecular flexibility index (Phi) is 7.35. The number of likely N-dealkylation sites (tertiary alicyclic amines) is 2. The van der Waals surface area contributed by atoms with Gasteiger partial charge in [-0.15, -0.1) is 0 Å². The van der Waals surface area contributed by atoms with Gasteiger partial charge in [0, 0.05) is 80.2 Å². The number of aromatic nitrogens is 4. The lowest BCUT2D eigenvalue weighted by Crippen LogP contribution is -2.61. The monoisotopic (exact) mass is 710 g/mol. The van der Waals surface area contributed by atoms with Gasteiger partial charge >= 0.3 is 6.01 Å². The molecule has 2 aromatic carbocycles. The number of nitrogens with one attached hydrogen (secondary N) is 1. The van der Waals surface area contributed by atoms with Gasteiger partial charge in [0.15, 0.2) is 0 Å². The number of ether oxygens (including phenoxy) is 2. The number of carbonyl (C=O) groups excluding carboxylic acids is 1. The van der Waals surface area contributed by atoms with Crippen LogP contribution in [0.5, 0.6) is 6.01 Å². The second-order valence-corrected chi connectivity index (χ2v) is 15.9. The SMILES string of the molecule is C=CC(=O)N1CC2(CCN(c3nc(OC4CCN(CCOC)CC4)nc4c5c(c(C6CC6)cc34)-c3c(ccc4[nH]ncc34)C3N5CC3(F)F)CC2)C1. The van der Waals surface area contributed by atoms with E-state index in [1.807, 2.05) is 21.9 Å². The fraction of sp³-hybridized carbons (Fsp3) is 0.538.